The molecule has 2 aliphatic rings. The summed E-state index contributed by atoms with van der Waals surface area (Å²) >= 11 is 1.78. The van der Waals surface area contributed by atoms with Crippen LogP contribution in [-0.4, -0.2) is 18.6 Å². The third-order valence-electron chi connectivity index (χ3n) is 3.15. The van der Waals surface area contributed by atoms with Gasteiger partial charge in [0.1, 0.15) is 0 Å². The molecule has 0 atom stereocenters. The number of hydrogen-bond acceptors (Lipinski definition) is 4. The summed E-state index contributed by atoms with van der Waals surface area (Å²) in [5.41, 5.74) is 3.38. The van der Waals surface area contributed by atoms with Crippen molar-refractivity contribution >= 4 is 21.6 Å². The van der Waals surface area contributed by atoms with Gasteiger partial charge in [0.25, 0.3) is 0 Å². The predicted octanol–water partition coefficient (Wildman–Crippen LogP) is 3.04. The van der Waals surface area contributed by atoms with Crippen molar-refractivity contribution in [3.63, 3.8) is 0 Å². The van der Waals surface area contributed by atoms with Crippen molar-refractivity contribution in [2.24, 2.45) is 4.99 Å². The van der Waals surface area contributed by atoms with E-state index in [1.807, 2.05) is 13.1 Å². The van der Waals surface area contributed by atoms with Gasteiger partial charge in [-0.3, -0.25) is 4.99 Å². The van der Waals surface area contributed by atoms with Gasteiger partial charge in [0.2, 0.25) is 0 Å². The van der Waals surface area contributed by atoms with Crippen LogP contribution in [0.15, 0.2) is 41.4 Å². The van der Waals surface area contributed by atoms with Crippen LogP contribution < -0.4 is 10.7 Å². The Kier molecular flexibility index (Phi) is 3.76. The first-order chi connectivity index (χ1) is 9.80. The lowest BCUT2D eigenvalue weighted by atomic mass is 10.2. The first-order valence-corrected chi connectivity index (χ1v) is 7.60. The number of benzene rings is 2. The van der Waals surface area contributed by atoms with E-state index in [0.717, 1.165) is 29.7 Å². The highest BCUT2D eigenvalue weighted by Gasteiger charge is 2.07. The van der Waals surface area contributed by atoms with Gasteiger partial charge < -0.3 is 5.32 Å². The van der Waals surface area contributed by atoms with E-state index in [2.05, 4.69) is 47.6 Å². The Balaban J connectivity index is 2.20. The molecular weight excluding hydrogens is 266 g/mol. The molecule has 1 aliphatic heterocycles. The molecule has 3 nitrogen and oxygen atoms in total. The molecule has 1 heterocycles. The molecular formula is C16H17N3S. The molecule has 0 saturated carbocycles. The Bertz CT molecular complexity index is 776. The molecule has 0 radical (unpaired) electrons. The molecule has 3 rings (SSSR count). The molecule has 20 heavy (non-hydrogen) atoms. The van der Waals surface area contributed by atoms with Crippen molar-refractivity contribution in [2.45, 2.75) is 13.5 Å². The fourth-order valence-electron chi connectivity index (χ4n) is 2.25. The smallest absolute Gasteiger partial charge is 0.0811 e. The van der Waals surface area contributed by atoms with Crippen LogP contribution in [0.3, 0.4) is 0 Å². The molecule has 102 valence electrons. The monoisotopic (exact) mass is 283 g/mol. The summed E-state index contributed by atoms with van der Waals surface area (Å²) in [5, 5.41) is 4.21. The van der Waals surface area contributed by atoms with Crippen LogP contribution in [0.2, 0.25) is 0 Å². The average Bonchev–Trinajstić information content (AvgIpc) is 2.46. The van der Waals surface area contributed by atoms with Crippen LogP contribution >= 0.6 is 11.3 Å². The molecule has 4 heteroatoms. The minimum Gasteiger partial charge on any atom is -0.316 e. The Hall–Kier alpha value is -1.78. The summed E-state index contributed by atoms with van der Waals surface area (Å²) < 4.78 is 1.22. The van der Waals surface area contributed by atoms with E-state index in [4.69, 9.17) is 4.98 Å². The number of hydrogen-bond donors (Lipinski definition) is 1. The summed E-state index contributed by atoms with van der Waals surface area (Å²) in [6.45, 7) is 3.74. The fraction of sp³-hybridized carbons (Fsp3) is 0.250. The van der Waals surface area contributed by atoms with Crippen LogP contribution in [0.4, 0.5) is 0 Å². The van der Waals surface area contributed by atoms with Gasteiger partial charge in [0.05, 0.1) is 26.1 Å². The summed E-state index contributed by atoms with van der Waals surface area (Å²) in [5.74, 6) is 0. The van der Waals surface area contributed by atoms with Crippen molar-refractivity contribution in [1.82, 2.24) is 10.3 Å². The van der Waals surface area contributed by atoms with Crippen LogP contribution in [-0.2, 0) is 6.54 Å². The number of rotatable bonds is 3. The summed E-state index contributed by atoms with van der Waals surface area (Å²) in [7, 11) is 1.96. The van der Waals surface area contributed by atoms with E-state index in [1.54, 1.807) is 11.3 Å². The molecule has 0 amide bonds. The number of aromatic nitrogens is 1. The average molecular weight is 283 g/mol. The predicted molar refractivity (Wildman–Crippen MR) is 85.1 cm³/mol. The lowest BCUT2D eigenvalue weighted by molar-refractivity contribution is 0.819. The van der Waals surface area contributed by atoms with E-state index < -0.39 is 0 Å². The van der Waals surface area contributed by atoms with Gasteiger partial charge >= 0.3 is 0 Å². The summed E-state index contributed by atoms with van der Waals surface area (Å²) in [4.78, 5) is 10.4. The van der Waals surface area contributed by atoms with Crippen molar-refractivity contribution < 1.29 is 0 Å². The Morgan fingerprint density at radius 3 is 2.90 bits per heavy atom. The van der Waals surface area contributed by atoms with E-state index in [0.29, 0.717) is 0 Å². The first kappa shape index (κ1) is 13.2. The van der Waals surface area contributed by atoms with Gasteiger partial charge in [-0.2, -0.15) is 0 Å². The third kappa shape index (κ3) is 2.57. The molecule has 0 fully saturated rings. The van der Waals surface area contributed by atoms with Crippen LogP contribution in [0.1, 0.15) is 12.5 Å². The topological polar surface area (TPSA) is 37.3 Å². The summed E-state index contributed by atoms with van der Waals surface area (Å²) in [6.07, 6.45) is 0. The zero-order valence-electron chi connectivity index (χ0n) is 11.7. The Labute approximate surface area is 122 Å². The molecule has 1 aromatic carbocycles. The number of fused-ring (bicyclic) bond motifs is 2. The lowest BCUT2D eigenvalue weighted by Gasteiger charge is -2.07. The van der Waals surface area contributed by atoms with Gasteiger partial charge in [-0.05, 0) is 49.9 Å². The second-order valence-electron chi connectivity index (χ2n) is 4.67. The van der Waals surface area contributed by atoms with Gasteiger partial charge in [-0.15, -0.1) is 11.3 Å². The van der Waals surface area contributed by atoms with Gasteiger partial charge in [0.15, 0.2) is 0 Å². The van der Waals surface area contributed by atoms with E-state index >= 15 is 0 Å². The molecule has 0 bridgehead atoms. The van der Waals surface area contributed by atoms with E-state index in [-0.39, 0.29) is 0 Å². The number of nitrogens with one attached hydrogen (secondary N) is 1. The SMILES string of the molecule is CCN=c1ccc2nc3ccc(CNC)cc3sc-2c1. The molecule has 1 aliphatic carbocycles. The highest BCUT2D eigenvalue weighted by Crippen LogP contribution is 2.29. The van der Waals surface area contributed by atoms with Crippen molar-refractivity contribution in [3.05, 3.63) is 47.3 Å². The minimum atomic E-state index is 0.809. The molecule has 0 unspecified atom stereocenters. The van der Waals surface area contributed by atoms with Crippen LogP contribution in [0.25, 0.3) is 20.8 Å². The highest BCUT2D eigenvalue weighted by atomic mass is 32.1. The van der Waals surface area contributed by atoms with Gasteiger partial charge in [-0.1, -0.05) is 6.07 Å². The van der Waals surface area contributed by atoms with Crippen LogP contribution in [0.5, 0.6) is 0 Å². The Morgan fingerprint density at radius 1 is 1.20 bits per heavy atom. The van der Waals surface area contributed by atoms with Crippen LogP contribution in [0, 0.1) is 0 Å². The summed E-state index contributed by atoms with van der Waals surface area (Å²) in [6, 6.07) is 12.7. The van der Waals surface area contributed by atoms with Gasteiger partial charge in [-0.25, -0.2) is 4.98 Å². The zero-order chi connectivity index (χ0) is 13.9. The first-order valence-electron chi connectivity index (χ1n) is 6.79. The molecule has 0 spiro atoms. The van der Waals surface area contributed by atoms with Crippen molar-refractivity contribution in [2.75, 3.05) is 13.6 Å². The lowest BCUT2D eigenvalue weighted by Crippen LogP contribution is -2.05. The standard InChI is InChI=1S/C16H17N3S/c1-3-18-12-5-7-14-16(9-12)20-15-8-11(10-17-2)4-6-13(15)19-14/h4-9,17H,3,10H2,1-2H3. The fourth-order valence-corrected chi connectivity index (χ4v) is 3.32. The molecule has 0 saturated heterocycles. The van der Waals surface area contributed by atoms with E-state index in [1.165, 1.54) is 15.1 Å². The quantitative estimate of drug-likeness (QED) is 0.750. The number of nitrogens with zero attached hydrogens (tertiary/aromatic N) is 2. The molecule has 1 N–H and O–H groups in total. The Morgan fingerprint density at radius 2 is 2.10 bits per heavy atom. The maximum Gasteiger partial charge on any atom is 0.0811 e. The molecule has 1 aromatic rings. The maximum atomic E-state index is 4.73. The highest BCUT2D eigenvalue weighted by molar-refractivity contribution is 7.21. The normalized spacial score (nSPS) is 12.4. The second kappa shape index (κ2) is 5.69. The van der Waals surface area contributed by atoms with Gasteiger partial charge in [0, 0.05) is 13.1 Å². The second-order valence-corrected chi connectivity index (χ2v) is 5.76. The van der Waals surface area contributed by atoms with E-state index in [9.17, 15) is 0 Å². The molecule has 0 aromatic heterocycles. The van der Waals surface area contributed by atoms with Crippen molar-refractivity contribution in [1.29, 1.82) is 0 Å². The third-order valence-corrected chi connectivity index (χ3v) is 4.24. The zero-order valence-corrected chi connectivity index (χ0v) is 12.5. The maximum absolute atomic E-state index is 4.73. The minimum absolute atomic E-state index is 0.809. The van der Waals surface area contributed by atoms with Crippen molar-refractivity contribution in [3.8, 4) is 10.6 Å². The largest absolute Gasteiger partial charge is 0.316 e.